The number of anilines is 1. The molecule has 0 N–H and O–H groups in total. The van der Waals surface area contributed by atoms with Crippen LogP contribution in [0.1, 0.15) is 76.6 Å². The molecule has 2 heterocycles. The fourth-order valence-electron chi connectivity index (χ4n) is 7.47. The molecule has 0 saturated carbocycles. The van der Waals surface area contributed by atoms with Gasteiger partial charge in [0.2, 0.25) is 11.1 Å². The lowest BCUT2D eigenvalue weighted by Crippen LogP contribution is -2.27. The van der Waals surface area contributed by atoms with Gasteiger partial charge in [0, 0.05) is 53.2 Å². The molecular formula is C41H46N4O+2. The topological polar surface area (TPSA) is 43.6 Å². The van der Waals surface area contributed by atoms with Crippen LogP contribution < -0.4 is 9.64 Å². The molecule has 5 heteroatoms. The first-order valence-electron chi connectivity index (χ1n) is 16.6. The number of hydrogen-bond donors (Lipinski definition) is 0. The second-order valence-electron chi connectivity index (χ2n) is 13.8. The van der Waals surface area contributed by atoms with Gasteiger partial charge in [-0.3, -0.25) is 0 Å². The first-order chi connectivity index (χ1) is 22.0. The van der Waals surface area contributed by atoms with E-state index in [1.54, 1.807) is 12.1 Å². The average molecular weight is 611 g/mol. The van der Waals surface area contributed by atoms with Crippen LogP contribution >= 0.6 is 0 Å². The maximum Gasteiger partial charge on any atom is 0.385 e. The van der Waals surface area contributed by atoms with Crippen molar-refractivity contribution in [1.29, 1.82) is 5.39 Å². The normalized spacial score (nSPS) is 19.8. The van der Waals surface area contributed by atoms with Crippen LogP contribution in [-0.4, -0.2) is 23.4 Å². The molecule has 0 atom stereocenters. The minimum Gasteiger partial charge on any atom is -0.457 e. The first kappa shape index (κ1) is 31.3. The van der Waals surface area contributed by atoms with Gasteiger partial charge in [0.25, 0.3) is 0 Å². The number of ether oxygens (including phenoxy) is 1. The Bertz CT molecular complexity index is 1910. The number of rotatable bonds is 7. The Morgan fingerprint density at radius 2 is 1.54 bits per heavy atom. The summed E-state index contributed by atoms with van der Waals surface area (Å²) in [5.74, 6) is 1.63. The lowest BCUT2D eigenvalue weighted by Gasteiger charge is -2.26. The predicted octanol–water partition coefficient (Wildman–Crippen LogP) is 10.5. The number of diazo groups is 1. The Labute approximate surface area is 274 Å². The molecule has 1 aliphatic carbocycles. The molecule has 3 aliphatic rings. The Kier molecular flexibility index (Phi) is 8.11. The van der Waals surface area contributed by atoms with Crippen LogP contribution in [0.2, 0.25) is 0 Å². The number of allylic oxidation sites excluding steroid dienone is 7. The summed E-state index contributed by atoms with van der Waals surface area (Å²) in [6, 6.07) is 20.9. The van der Waals surface area contributed by atoms with Crippen molar-refractivity contribution in [1.82, 2.24) is 0 Å². The van der Waals surface area contributed by atoms with Crippen LogP contribution in [0.4, 0.5) is 17.1 Å². The maximum absolute atomic E-state index is 9.21. The average Bonchev–Trinajstić information content (AvgIpc) is 3.59. The molecule has 234 valence electrons. The highest BCUT2D eigenvalue weighted by Gasteiger charge is 2.44. The largest absolute Gasteiger partial charge is 0.457 e. The van der Waals surface area contributed by atoms with Gasteiger partial charge in [0.05, 0.1) is 5.41 Å². The molecule has 0 unspecified atom stereocenters. The van der Waals surface area contributed by atoms with Crippen LogP contribution in [-0.2, 0) is 10.8 Å². The third-order valence-corrected chi connectivity index (χ3v) is 10.0. The van der Waals surface area contributed by atoms with E-state index in [2.05, 4.69) is 131 Å². The number of hydrogen-bond acceptors (Lipinski definition) is 3. The second-order valence-corrected chi connectivity index (χ2v) is 13.8. The van der Waals surface area contributed by atoms with Crippen LogP contribution in [0, 0.1) is 19.2 Å². The van der Waals surface area contributed by atoms with Crippen molar-refractivity contribution in [2.75, 3.05) is 18.0 Å². The smallest absolute Gasteiger partial charge is 0.385 e. The molecule has 3 aromatic carbocycles. The zero-order valence-corrected chi connectivity index (χ0v) is 28.6. The van der Waals surface area contributed by atoms with Crippen LogP contribution in [0.15, 0.2) is 108 Å². The summed E-state index contributed by atoms with van der Waals surface area (Å²) in [5, 5.41) is 9.21. The van der Waals surface area contributed by atoms with Gasteiger partial charge in [-0.1, -0.05) is 49.2 Å². The first-order valence-corrected chi connectivity index (χ1v) is 16.6. The van der Waals surface area contributed by atoms with Gasteiger partial charge < -0.3 is 9.64 Å². The number of aryl methyl sites for hydroxylation is 2. The summed E-state index contributed by atoms with van der Waals surface area (Å²) in [5.41, 5.74) is 13.2. The SMILES string of the molecule is CCN1/C(=C/C=C2\CCC(/C=C/C3=[N+](CC)c4ccc(C)cc4C3(C)C)=C2Oc2ccc([N+]#N)cc2)C(C)(C)c2cc(C)ccc21. The summed E-state index contributed by atoms with van der Waals surface area (Å²) >= 11 is 0. The Balaban J connectivity index is 1.42. The molecule has 46 heavy (non-hydrogen) atoms. The number of likely N-dealkylation sites (N-methyl/N-ethyl adjacent to an activating group) is 1. The molecule has 2 aliphatic heterocycles. The highest BCUT2D eigenvalue weighted by molar-refractivity contribution is 6.03. The van der Waals surface area contributed by atoms with Crippen molar-refractivity contribution in [3.63, 3.8) is 0 Å². The quantitative estimate of drug-likeness (QED) is 0.197. The van der Waals surface area contributed by atoms with Crippen LogP contribution in [0.25, 0.3) is 4.98 Å². The number of nitrogens with zero attached hydrogens (tertiary/aromatic N) is 4. The zero-order chi connectivity index (χ0) is 32.8. The molecule has 6 rings (SSSR count). The maximum atomic E-state index is 9.21. The monoisotopic (exact) mass is 610 g/mol. The van der Waals surface area contributed by atoms with Gasteiger partial charge in [-0.05, 0) is 108 Å². The highest BCUT2D eigenvalue weighted by atomic mass is 16.5. The molecule has 0 bridgehead atoms. The molecule has 5 nitrogen and oxygen atoms in total. The van der Waals surface area contributed by atoms with Crippen molar-refractivity contribution < 1.29 is 9.31 Å². The summed E-state index contributed by atoms with van der Waals surface area (Å²) < 4.78 is 9.11. The molecular weight excluding hydrogens is 564 g/mol. The fourth-order valence-corrected chi connectivity index (χ4v) is 7.47. The minimum atomic E-state index is -0.105. The van der Waals surface area contributed by atoms with Gasteiger partial charge in [-0.15, -0.1) is 0 Å². The van der Waals surface area contributed by atoms with Crippen molar-refractivity contribution >= 4 is 22.8 Å². The second kappa shape index (κ2) is 11.9. The van der Waals surface area contributed by atoms with E-state index in [0.717, 1.165) is 37.4 Å². The van der Waals surface area contributed by atoms with Crippen molar-refractivity contribution in [3.8, 4) is 5.75 Å². The molecule has 0 aromatic heterocycles. The van der Waals surface area contributed by atoms with E-state index in [1.807, 2.05) is 12.1 Å². The number of benzene rings is 3. The highest BCUT2D eigenvalue weighted by Crippen LogP contribution is 2.48. The van der Waals surface area contributed by atoms with Crippen LogP contribution in [0.3, 0.4) is 0 Å². The Morgan fingerprint density at radius 3 is 2.22 bits per heavy atom. The van der Waals surface area contributed by atoms with E-state index in [4.69, 9.17) is 4.74 Å². The Hall–Kier alpha value is -4.69. The third kappa shape index (κ3) is 5.30. The molecule has 0 fully saturated rings. The molecule has 0 radical (unpaired) electrons. The van der Waals surface area contributed by atoms with E-state index < -0.39 is 0 Å². The predicted molar refractivity (Wildman–Crippen MR) is 190 cm³/mol. The zero-order valence-electron chi connectivity index (χ0n) is 28.6. The van der Waals surface area contributed by atoms with E-state index in [0.29, 0.717) is 5.69 Å². The molecule has 0 spiro atoms. The third-order valence-electron chi connectivity index (χ3n) is 10.0. The summed E-state index contributed by atoms with van der Waals surface area (Å²) in [6.07, 6.45) is 11.0. The standard InChI is InChI=1S/C41H46N4O/c1-9-44-35-21-11-27(3)25-33(35)40(5,6)37(44)23-15-29-13-14-30(39(29)46-32-19-17-31(43-42)18-20-32)16-24-38-41(7,8)34-26-28(4)12-22-36(34)45(38)10-2/h11-12,15-26H,9-10,13-14H2,1-8H3/q+2. The Morgan fingerprint density at radius 1 is 0.848 bits per heavy atom. The van der Waals surface area contributed by atoms with E-state index in [9.17, 15) is 5.39 Å². The van der Waals surface area contributed by atoms with Crippen molar-refractivity contribution in [3.05, 3.63) is 135 Å². The lowest BCUT2D eigenvalue weighted by atomic mass is 9.80. The van der Waals surface area contributed by atoms with E-state index in [-0.39, 0.29) is 10.8 Å². The van der Waals surface area contributed by atoms with Gasteiger partial charge >= 0.3 is 5.69 Å². The summed E-state index contributed by atoms with van der Waals surface area (Å²) in [4.78, 5) is 5.76. The van der Waals surface area contributed by atoms with Crippen molar-refractivity contribution in [2.45, 2.75) is 79.1 Å². The lowest BCUT2D eigenvalue weighted by molar-refractivity contribution is -0.433. The minimum absolute atomic E-state index is 0.105. The van der Waals surface area contributed by atoms with Gasteiger partial charge in [0.1, 0.15) is 18.1 Å². The summed E-state index contributed by atoms with van der Waals surface area (Å²) in [6.45, 7) is 19.9. The van der Waals surface area contributed by atoms with Gasteiger partial charge in [0.15, 0.2) is 10.7 Å². The van der Waals surface area contributed by atoms with Gasteiger partial charge in [-0.2, -0.15) is 4.58 Å². The molecule has 0 amide bonds. The molecule has 0 saturated heterocycles. The van der Waals surface area contributed by atoms with Crippen molar-refractivity contribution in [2.24, 2.45) is 0 Å². The van der Waals surface area contributed by atoms with E-state index in [1.165, 1.54) is 56.2 Å². The summed E-state index contributed by atoms with van der Waals surface area (Å²) in [7, 11) is 0. The van der Waals surface area contributed by atoms with Crippen LogP contribution in [0.5, 0.6) is 5.75 Å². The van der Waals surface area contributed by atoms with Gasteiger partial charge in [-0.25, -0.2) is 0 Å². The fraction of sp³-hybridized carbons (Fsp3) is 0.341. The number of fused-ring (bicyclic) bond motifs is 2. The van der Waals surface area contributed by atoms with E-state index >= 15 is 0 Å². The molecule has 3 aromatic rings.